The number of quaternary nitrogens is 1. The van der Waals surface area contributed by atoms with Crippen LogP contribution in [0.4, 0.5) is 0 Å². The van der Waals surface area contributed by atoms with Gasteiger partial charge in [-0.3, -0.25) is 4.48 Å². The van der Waals surface area contributed by atoms with Crippen LogP contribution in [0.25, 0.3) is 0 Å². The maximum absolute atomic E-state index is 6.87. The van der Waals surface area contributed by atoms with E-state index in [1.165, 1.54) is 16.7 Å². The molecule has 0 saturated heterocycles. The summed E-state index contributed by atoms with van der Waals surface area (Å²) in [6.07, 6.45) is 2.02. The number of rotatable bonds is 12. The van der Waals surface area contributed by atoms with Gasteiger partial charge in [0.05, 0.1) is 26.3 Å². The average Bonchev–Trinajstić information content (AvgIpc) is 2.68. The largest absolute Gasteiger partial charge is 0.438 e. The molecule has 0 saturated carbocycles. The molecular weight excluding hydrogens is 370 g/mol. The van der Waals surface area contributed by atoms with Crippen molar-refractivity contribution in [1.29, 1.82) is 0 Å². The lowest BCUT2D eigenvalue weighted by Gasteiger charge is -2.38. The molecular formula is C27H42NO2+. The van der Waals surface area contributed by atoms with E-state index in [9.17, 15) is 0 Å². The zero-order chi connectivity index (χ0) is 22.1. The third-order valence-corrected chi connectivity index (χ3v) is 5.44. The Balaban J connectivity index is 2.44. The molecule has 0 N–H and O–H groups in total. The Morgan fingerprint density at radius 3 is 2.10 bits per heavy atom. The standard InChI is InChI=1S/C27H42NO2/c1-8-29-18-17-28(6,7)27(23-13-10-9-11-14-23)30-26-16-12-15-24(19-21(2)3)25(26)20-22(4)5/h9-16,21-22,27H,8,17-20H2,1-7H3/q+1. The minimum atomic E-state index is -0.0909. The molecule has 0 radical (unpaired) electrons. The molecule has 1 atom stereocenters. The van der Waals surface area contributed by atoms with E-state index < -0.39 is 0 Å². The molecule has 3 nitrogen and oxygen atoms in total. The predicted octanol–water partition coefficient (Wildman–Crippen LogP) is 6.27. The highest BCUT2D eigenvalue weighted by atomic mass is 16.5. The summed E-state index contributed by atoms with van der Waals surface area (Å²) in [5, 5.41) is 0. The van der Waals surface area contributed by atoms with Gasteiger partial charge >= 0.3 is 0 Å². The van der Waals surface area contributed by atoms with Gasteiger partial charge in [-0.1, -0.05) is 58.0 Å². The van der Waals surface area contributed by atoms with Gasteiger partial charge in [-0.15, -0.1) is 0 Å². The van der Waals surface area contributed by atoms with Crippen molar-refractivity contribution in [2.45, 2.75) is 53.7 Å². The second kappa shape index (κ2) is 11.5. The Morgan fingerprint density at radius 1 is 0.833 bits per heavy atom. The third-order valence-electron chi connectivity index (χ3n) is 5.44. The normalized spacial score (nSPS) is 13.1. The van der Waals surface area contributed by atoms with E-state index in [-0.39, 0.29) is 6.23 Å². The van der Waals surface area contributed by atoms with Crippen LogP contribution in [-0.4, -0.2) is 38.3 Å². The van der Waals surface area contributed by atoms with E-state index >= 15 is 0 Å². The van der Waals surface area contributed by atoms with Crippen molar-refractivity contribution >= 4 is 0 Å². The molecule has 0 heterocycles. The molecule has 0 aromatic heterocycles. The van der Waals surface area contributed by atoms with Gasteiger partial charge < -0.3 is 9.47 Å². The van der Waals surface area contributed by atoms with Crippen LogP contribution < -0.4 is 4.74 Å². The van der Waals surface area contributed by atoms with E-state index in [1.54, 1.807) is 0 Å². The van der Waals surface area contributed by atoms with Gasteiger partial charge in [0, 0.05) is 6.61 Å². The summed E-state index contributed by atoms with van der Waals surface area (Å²) in [6.45, 7) is 13.5. The second-order valence-electron chi connectivity index (χ2n) is 9.67. The first kappa shape index (κ1) is 24.4. The van der Waals surface area contributed by atoms with Crippen molar-refractivity contribution in [1.82, 2.24) is 0 Å². The smallest absolute Gasteiger partial charge is 0.259 e. The van der Waals surface area contributed by atoms with Crippen LogP contribution in [-0.2, 0) is 17.6 Å². The number of nitrogens with zero attached hydrogens (tertiary/aromatic N) is 1. The molecule has 30 heavy (non-hydrogen) atoms. The SMILES string of the molecule is CCOCC[N+](C)(C)C(Oc1cccc(CC(C)C)c1CC(C)C)c1ccccc1. The van der Waals surface area contributed by atoms with Crippen molar-refractivity contribution in [2.24, 2.45) is 11.8 Å². The van der Waals surface area contributed by atoms with Gasteiger partial charge in [-0.2, -0.15) is 0 Å². The monoisotopic (exact) mass is 412 g/mol. The minimum Gasteiger partial charge on any atom is -0.438 e. The van der Waals surface area contributed by atoms with E-state index in [2.05, 4.69) is 90.3 Å². The molecule has 0 fully saturated rings. The summed E-state index contributed by atoms with van der Waals surface area (Å²) in [4.78, 5) is 0. The van der Waals surface area contributed by atoms with Crippen molar-refractivity contribution < 1.29 is 14.0 Å². The van der Waals surface area contributed by atoms with Gasteiger partial charge in [-0.25, -0.2) is 0 Å². The molecule has 0 amide bonds. The van der Waals surface area contributed by atoms with Gasteiger partial charge in [0.25, 0.3) is 6.23 Å². The first-order valence-electron chi connectivity index (χ1n) is 11.5. The van der Waals surface area contributed by atoms with Crippen LogP contribution >= 0.6 is 0 Å². The topological polar surface area (TPSA) is 18.5 Å². The predicted molar refractivity (Wildman–Crippen MR) is 127 cm³/mol. The number of ether oxygens (including phenoxy) is 2. The lowest BCUT2D eigenvalue weighted by Crippen LogP contribution is -2.48. The fourth-order valence-corrected chi connectivity index (χ4v) is 3.91. The summed E-state index contributed by atoms with van der Waals surface area (Å²) in [5.41, 5.74) is 3.98. The Labute approximate surface area is 184 Å². The van der Waals surface area contributed by atoms with Crippen LogP contribution in [0.1, 0.15) is 57.5 Å². The Bertz CT molecular complexity index is 753. The lowest BCUT2D eigenvalue weighted by atomic mass is 9.92. The van der Waals surface area contributed by atoms with Gasteiger partial charge in [0.1, 0.15) is 12.3 Å². The summed E-state index contributed by atoms with van der Waals surface area (Å²) in [5.74, 6) is 2.23. The van der Waals surface area contributed by atoms with Crippen LogP contribution in [0.3, 0.4) is 0 Å². The molecule has 0 aliphatic heterocycles. The van der Waals surface area contributed by atoms with Crippen LogP contribution in [0.15, 0.2) is 48.5 Å². The molecule has 0 bridgehead atoms. The molecule has 1 unspecified atom stereocenters. The number of likely N-dealkylation sites (N-methyl/N-ethyl adjacent to an activating group) is 1. The fraction of sp³-hybridized carbons (Fsp3) is 0.556. The quantitative estimate of drug-likeness (QED) is 0.232. The van der Waals surface area contributed by atoms with Crippen molar-refractivity contribution in [3.63, 3.8) is 0 Å². The molecule has 2 aromatic carbocycles. The minimum absolute atomic E-state index is 0.0909. The van der Waals surface area contributed by atoms with Crippen LogP contribution in [0, 0.1) is 11.8 Å². The Hall–Kier alpha value is -1.84. The second-order valence-corrected chi connectivity index (χ2v) is 9.67. The Morgan fingerprint density at radius 2 is 1.50 bits per heavy atom. The van der Waals surface area contributed by atoms with Crippen molar-refractivity contribution in [3.05, 3.63) is 65.2 Å². The molecule has 0 aliphatic rings. The summed E-state index contributed by atoms with van der Waals surface area (Å²) < 4.78 is 13.2. The average molecular weight is 413 g/mol. The maximum Gasteiger partial charge on any atom is 0.259 e. The first-order chi connectivity index (χ1) is 14.2. The van der Waals surface area contributed by atoms with Crippen molar-refractivity contribution in [2.75, 3.05) is 33.9 Å². The third kappa shape index (κ3) is 7.14. The van der Waals surface area contributed by atoms with Gasteiger partial charge in [-0.05, 0) is 60.9 Å². The fourth-order valence-electron chi connectivity index (χ4n) is 3.91. The van der Waals surface area contributed by atoms with Crippen molar-refractivity contribution in [3.8, 4) is 5.75 Å². The van der Waals surface area contributed by atoms with Gasteiger partial charge in [0.15, 0.2) is 0 Å². The highest BCUT2D eigenvalue weighted by molar-refractivity contribution is 5.41. The number of hydrogen-bond donors (Lipinski definition) is 0. The van der Waals surface area contributed by atoms with Crippen LogP contribution in [0.2, 0.25) is 0 Å². The molecule has 2 rings (SSSR count). The zero-order valence-corrected chi connectivity index (χ0v) is 20.2. The van der Waals surface area contributed by atoms with E-state index in [1.807, 2.05) is 6.92 Å². The summed E-state index contributed by atoms with van der Waals surface area (Å²) in [6, 6.07) is 17.2. The van der Waals surface area contributed by atoms with E-state index in [4.69, 9.17) is 9.47 Å². The van der Waals surface area contributed by atoms with Gasteiger partial charge in [0.2, 0.25) is 0 Å². The molecule has 0 spiro atoms. The molecule has 3 heteroatoms. The number of hydrogen-bond acceptors (Lipinski definition) is 2. The summed E-state index contributed by atoms with van der Waals surface area (Å²) in [7, 11) is 4.47. The highest BCUT2D eigenvalue weighted by Crippen LogP contribution is 2.34. The first-order valence-corrected chi connectivity index (χ1v) is 11.5. The zero-order valence-electron chi connectivity index (χ0n) is 20.2. The lowest BCUT2D eigenvalue weighted by molar-refractivity contribution is -0.940. The van der Waals surface area contributed by atoms with E-state index in [0.717, 1.165) is 38.3 Å². The molecule has 166 valence electrons. The van der Waals surface area contributed by atoms with E-state index in [0.29, 0.717) is 16.3 Å². The Kier molecular flexibility index (Phi) is 9.38. The highest BCUT2D eigenvalue weighted by Gasteiger charge is 2.32. The molecule has 0 aliphatic carbocycles. The van der Waals surface area contributed by atoms with Crippen LogP contribution in [0.5, 0.6) is 5.75 Å². The molecule has 2 aromatic rings. The summed E-state index contributed by atoms with van der Waals surface area (Å²) >= 11 is 0. The maximum atomic E-state index is 6.87. The number of benzene rings is 2.